The second-order valence-corrected chi connectivity index (χ2v) is 8.16. The fourth-order valence-corrected chi connectivity index (χ4v) is 4.45. The third-order valence-electron chi connectivity index (χ3n) is 4.69. The van der Waals surface area contributed by atoms with Gasteiger partial charge in [-0.05, 0) is 43.2 Å². The van der Waals surface area contributed by atoms with Crippen LogP contribution in [0.2, 0.25) is 5.02 Å². The van der Waals surface area contributed by atoms with E-state index in [-0.39, 0.29) is 18.0 Å². The van der Waals surface area contributed by atoms with E-state index in [0.29, 0.717) is 29.7 Å². The molecule has 0 saturated carbocycles. The van der Waals surface area contributed by atoms with E-state index in [2.05, 4.69) is 9.97 Å². The number of amides is 1. The van der Waals surface area contributed by atoms with E-state index in [1.807, 2.05) is 23.8 Å². The predicted molar refractivity (Wildman–Crippen MR) is 121 cm³/mol. The number of aryl methyl sites for hydroxylation is 2. The van der Waals surface area contributed by atoms with Crippen LogP contribution in [-0.4, -0.2) is 27.0 Å². The number of hydrogen-bond acceptors (Lipinski definition) is 4. The lowest BCUT2D eigenvalue weighted by Gasteiger charge is -2.20. The summed E-state index contributed by atoms with van der Waals surface area (Å²) in [5.74, 6) is -2.52. The molecule has 5 nitrogen and oxygen atoms in total. The Morgan fingerprint density at radius 1 is 1.23 bits per heavy atom. The molecule has 1 amide bonds. The number of carbonyl (C=O) groups excluding carboxylic acids is 1. The number of carbonyl (C=O) groups is 1. The highest BCUT2D eigenvalue weighted by molar-refractivity contribution is 7.23. The first kappa shape index (κ1) is 23.1. The Bertz CT molecular complexity index is 1170. The fraction of sp³-hybridized carbons (Fsp3) is 0.190. The van der Waals surface area contributed by atoms with E-state index in [1.165, 1.54) is 22.3 Å². The summed E-state index contributed by atoms with van der Waals surface area (Å²) in [6.45, 7) is 2.90. The number of halogens is 4. The summed E-state index contributed by atoms with van der Waals surface area (Å²) in [7, 11) is 0. The van der Waals surface area contributed by atoms with Gasteiger partial charge in [-0.25, -0.2) is 18.7 Å². The molecule has 0 aliphatic heterocycles. The summed E-state index contributed by atoms with van der Waals surface area (Å²) >= 11 is 7.62. The van der Waals surface area contributed by atoms with Crippen LogP contribution in [0.5, 0.6) is 0 Å². The van der Waals surface area contributed by atoms with Crippen LogP contribution in [0.15, 0.2) is 49.1 Å². The minimum atomic E-state index is -1.07. The Balaban J connectivity index is 0.00000272. The van der Waals surface area contributed by atoms with Crippen molar-refractivity contribution in [2.45, 2.75) is 19.9 Å². The molecule has 0 saturated heterocycles. The van der Waals surface area contributed by atoms with E-state index >= 15 is 0 Å². The zero-order valence-electron chi connectivity index (χ0n) is 16.4. The maximum absolute atomic E-state index is 13.7. The molecule has 4 aromatic rings. The number of anilines is 1. The number of imidazole rings is 1. The summed E-state index contributed by atoms with van der Waals surface area (Å²) < 4.78 is 29.8. The molecule has 0 radical (unpaired) electrons. The molecule has 0 fully saturated rings. The van der Waals surface area contributed by atoms with Gasteiger partial charge in [0, 0.05) is 31.0 Å². The number of benzene rings is 2. The molecule has 4 rings (SSSR count). The van der Waals surface area contributed by atoms with E-state index in [1.54, 1.807) is 18.6 Å². The summed E-state index contributed by atoms with van der Waals surface area (Å²) in [6.07, 6.45) is 5.83. The molecule has 2 aromatic heterocycles. The van der Waals surface area contributed by atoms with Gasteiger partial charge >= 0.3 is 0 Å². The molecule has 0 spiro atoms. The van der Waals surface area contributed by atoms with Crippen molar-refractivity contribution in [3.8, 4) is 0 Å². The molecule has 0 aliphatic rings. The molecule has 0 unspecified atom stereocenters. The molecular weight excluding hydrogens is 465 g/mol. The molecule has 10 heteroatoms. The lowest BCUT2D eigenvalue weighted by Crippen LogP contribution is -2.32. The highest BCUT2D eigenvalue weighted by atomic mass is 35.5. The molecule has 162 valence electrons. The normalized spacial score (nSPS) is 10.8. The molecule has 0 aliphatic carbocycles. The Morgan fingerprint density at radius 2 is 2.03 bits per heavy atom. The van der Waals surface area contributed by atoms with Crippen molar-refractivity contribution in [3.05, 3.63) is 76.8 Å². The first-order chi connectivity index (χ1) is 14.4. The largest absolute Gasteiger partial charge is 0.337 e. The summed E-state index contributed by atoms with van der Waals surface area (Å²) in [5, 5.41) is 1.01. The van der Waals surface area contributed by atoms with Crippen molar-refractivity contribution in [1.29, 1.82) is 0 Å². The monoisotopic (exact) mass is 482 g/mol. The van der Waals surface area contributed by atoms with Gasteiger partial charge in [0.15, 0.2) is 16.8 Å². The zero-order valence-corrected chi connectivity index (χ0v) is 18.8. The smallest absolute Gasteiger partial charge is 0.260 e. The van der Waals surface area contributed by atoms with Gasteiger partial charge in [-0.2, -0.15) is 0 Å². The summed E-state index contributed by atoms with van der Waals surface area (Å²) in [5.41, 5.74) is 1.72. The van der Waals surface area contributed by atoms with Gasteiger partial charge in [-0.3, -0.25) is 9.69 Å². The van der Waals surface area contributed by atoms with E-state index in [4.69, 9.17) is 11.6 Å². The number of nitrogens with zero attached hydrogens (tertiary/aromatic N) is 4. The van der Waals surface area contributed by atoms with Crippen molar-refractivity contribution in [2.75, 3.05) is 11.4 Å². The van der Waals surface area contributed by atoms with E-state index in [9.17, 15) is 13.6 Å². The summed E-state index contributed by atoms with van der Waals surface area (Å²) in [6, 6.07) is 6.79. The standard InChI is InChI=1S/C21H17ClF2N4OS.ClH/c1-13-3-5-15(22)19-18(13)26-21(30-19)28(9-2-8-27-10-7-25-12-27)20(29)14-4-6-16(23)17(24)11-14;/h3-7,10-12H,2,8-9H2,1H3;1H. The first-order valence-corrected chi connectivity index (χ1v) is 10.4. The van der Waals surface area contributed by atoms with Gasteiger partial charge < -0.3 is 4.57 Å². The highest BCUT2D eigenvalue weighted by Crippen LogP contribution is 2.36. The van der Waals surface area contributed by atoms with E-state index in [0.717, 1.165) is 27.9 Å². The molecule has 0 N–H and O–H groups in total. The first-order valence-electron chi connectivity index (χ1n) is 9.22. The third-order valence-corrected chi connectivity index (χ3v) is 6.22. The predicted octanol–water partition coefficient (Wildman–Crippen LogP) is 5.89. The second-order valence-electron chi connectivity index (χ2n) is 6.78. The van der Waals surface area contributed by atoms with Crippen LogP contribution in [-0.2, 0) is 6.54 Å². The van der Waals surface area contributed by atoms with Gasteiger partial charge in [0.25, 0.3) is 5.91 Å². The molecule has 0 bridgehead atoms. The number of rotatable bonds is 6. The molecule has 2 aromatic carbocycles. The zero-order chi connectivity index (χ0) is 21.3. The Hall–Kier alpha value is -2.55. The fourth-order valence-electron chi connectivity index (χ4n) is 3.11. The summed E-state index contributed by atoms with van der Waals surface area (Å²) in [4.78, 5) is 23.3. The molecule has 31 heavy (non-hydrogen) atoms. The average molecular weight is 483 g/mol. The van der Waals surface area contributed by atoms with Crippen LogP contribution in [0.3, 0.4) is 0 Å². The van der Waals surface area contributed by atoms with Gasteiger partial charge in [0.2, 0.25) is 0 Å². The lowest BCUT2D eigenvalue weighted by atomic mass is 10.2. The van der Waals surface area contributed by atoms with Crippen LogP contribution < -0.4 is 4.90 Å². The van der Waals surface area contributed by atoms with Gasteiger partial charge in [0.05, 0.1) is 21.6 Å². The van der Waals surface area contributed by atoms with Gasteiger partial charge in [0.1, 0.15) is 0 Å². The number of hydrogen-bond donors (Lipinski definition) is 0. The van der Waals surface area contributed by atoms with Crippen molar-refractivity contribution in [2.24, 2.45) is 0 Å². The molecule has 0 atom stereocenters. The van der Waals surface area contributed by atoms with Crippen LogP contribution >= 0.6 is 35.3 Å². The number of thiazole rings is 1. The minimum Gasteiger partial charge on any atom is -0.337 e. The van der Waals surface area contributed by atoms with Crippen LogP contribution in [0.25, 0.3) is 10.2 Å². The SMILES string of the molecule is Cc1ccc(Cl)c2sc(N(CCCn3ccnc3)C(=O)c3ccc(F)c(F)c3)nc12.Cl. The topological polar surface area (TPSA) is 51.0 Å². The maximum Gasteiger partial charge on any atom is 0.260 e. The number of aromatic nitrogens is 3. The highest BCUT2D eigenvalue weighted by Gasteiger charge is 2.23. The van der Waals surface area contributed by atoms with Crippen LogP contribution in [0.4, 0.5) is 13.9 Å². The van der Waals surface area contributed by atoms with Crippen molar-refractivity contribution in [3.63, 3.8) is 0 Å². The molecule has 2 heterocycles. The second kappa shape index (κ2) is 9.72. The Labute approximate surface area is 192 Å². The quantitative estimate of drug-likeness (QED) is 0.344. The Morgan fingerprint density at radius 3 is 2.71 bits per heavy atom. The maximum atomic E-state index is 13.7. The Kier molecular flexibility index (Phi) is 7.25. The lowest BCUT2D eigenvalue weighted by molar-refractivity contribution is 0.0985. The van der Waals surface area contributed by atoms with Crippen molar-refractivity contribution >= 4 is 56.6 Å². The van der Waals surface area contributed by atoms with Gasteiger partial charge in [-0.15, -0.1) is 12.4 Å². The van der Waals surface area contributed by atoms with Crippen molar-refractivity contribution in [1.82, 2.24) is 14.5 Å². The van der Waals surface area contributed by atoms with Crippen LogP contribution in [0, 0.1) is 18.6 Å². The third kappa shape index (κ3) is 4.87. The minimum absolute atomic E-state index is 0. The molecular formula is C21H18Cl2F2N4OS. The van der Waals surface area contributed by atoms with E-state index < -0.39 is 17.5 Å². The van der Waals surface area contributed by atoms with Gasteiger partial charge in [-0.1, -0.05) is 29.0 Å². The van der Waals surface area contributed by atoms with Crippen molar-refractivity contribution < 1.29 is 13.6 Å². The van der Waals surface area contributed by atoms with Crippen LogP contribution in [0.1, 0.15) is 22.3 Å². The number of fused-ring (bicyclic) bond motifs is 1. The average Bonchev–Trinajstić information content (AvgIpc) is 3.40.